The van der Waals surface area contributed by atoms with Gasteiger partial charge >= 0.3 is 0 Å². The second-order valence-corrected chi connectivity index (χ2v) is 4.66. The summed E-state index contributed by atoms with van der Waals surface area (Å²) in [4.78, 5) is 0. The summed E-state index contributed by atoms with van der Waals surface area (Å²) < 4.78 is 40.1. The van der Waals surface area contributed by atoms with E-state index in [0.717, 1.165) is 6.07 Å². The first-order chi connectivity index (χ1) is 9.59. The van der Waals surface area contributed by atoms with Crippen LogP contribution in [0.3, 0.4) is 0 Å². The monoisotopic (exact) mass is 279 g/mol. The normalized spacial score (nSPS) is 12.4. The molecule has 1 atom stereocenters. The van der Waals surface area contributed by atoms with Crippen molar-refractivity contribution in [3.63, 3.8) is 0 Å². The summed E-state index contributed by atoms with van der Waals surface area (Å²) in [5, 5.41) is 3.07. The second kappa shape index (κ2) is 6.57. The molecule has 0 aliphatic rings. The van der Waals surface area contributed by atoms with E-state index in [-0.39, 0.29) is 17.4 Å². The highest BCUT2D eigenvalue weighted by atomic mass is 19.2. The van der Waals surface area contributed by atoms with Gasteiger partial charge < -0.3 is 5.32 Å². The Morgan fingerprint density at radius 1 is 0.950 bits per heavy atom. The average molecular weight is 279 g/mol. The van der Waals surface area contributed by atoms with Crippen LogP contribution in [0.25, 0.3) is 0 Å². The SMILES string of the molecule is CC(NCCc1ccccc1F)c1cccc(F)c1F. The number of rotatable bonds is 5. The maximum absolute atomic E-state index is 13.6. The molecule has 4 heteroatoms. The van der Waals surface area contributed by atoms with Crippen molar-refractivity contribution in [2.75, 3.05) is 6.54 Å². The Hall–Kier alpha value is -1.81. The van der Waals surface area contributed by atoms with Crippen LogP contribution in [0.4, 0.5) is 13.2 Å². The van der Waals surface area contributed by atoms with Gasteiger partial charge in [-0.05, 0) is 37.6 Å². The predicted molar refractivity (Wildman–Crippen MR) is 72.9 cm³/mol. The van der Waals surface area contributed by atoms with Gasteiger partial charge in [0.05, 0.1) is 0 Å². The summed E-state index contributed by atoms with van der Waals surface area (Å²) in [6, 6.07) is 10.3. The molecular formula is C16H16F3N. The molecule has 1 unspecified atom stereocenters. The van der Waals surface area contributed by atoms with Crippen molar-refractivity contribution < 1.29 is 13.2 Å². The first-order valence-electron chi connectivity index (χ1n) is 6.50. The standard InChI is InChI=1S/C16H16F3N/c1-11(13-6-4-8-15(18)16(13)19)20-10-9-12-5-2-3-7-14(12)17/h2-8,11,20H,9-10H2,1H3. The van der Waals surface area contributed by atoms with Crippen molar-refractivity contribution in [1.82, 2.24) is 5.32 Å². The van der Waals surface area contributed by atoms with Gasteiger partial charge in [0.1, 0.15) is 5.82 Å². The van der Waals surface area contributed by atoms with Crippen LogP contribution in [0.2, 0.25) is 0 Å². The molecule has 0 saturated heterocycles. The minimum Gasteiger partial charge on any atom is -0.310 e. The second-order valence-electron chi connectivity index (χ2n) is 4.66. The van der Waals surface area contributed by atoms with Crippen LogP contribution in [-0.2, 0) is 6.42 Å². The fourth-order valence-corrected chi connectivity index (χ4v) is 2.09. The van der Waals surface area contributed by atoms with E-state index in [9.17, 15) is 13.2 Å². The number of hydrogen-bond donors (Lipinski definition) is 1. The Morgan fingerprint density at radius 3 is 2.40 bits per heavy atom. The minimum atomic E-state index is -0.856. The van der Waals surface area contributed by atoms with Gasteiger partial charge in [0.15, 0.2) is 11.6 Å². The van der Waals surface area contributed by atoms with E-state index >= 15 is 0 Å². The zero-order valence-corrected chi connectivity index (χ0v) is 11.2. The molecule has 2 aromatic rings. The van der Waals surface area contributed by atoms with E-state index in [1.54, 1.807) is 31.2 Å². The van der Waals surface area contributed by atoms with Crippen LogP contribution in [0.5, 0.6) is 0 Å². The van der Waals surface area contributed by atoms with E-state index in [2.05, 4.69) is 5.32 Å². The third-order valence-corrected chi connectivity index (χ3v) is 3.25. The zero-order chi connectivity index (χ0) is 14.5. The molecule has 0 radical (unpaired) electrons. The van der Waals surface area contributed by atoms with Crippen LogP contribution in [0.1, 0.15) is 24.1 Å². The number of halogens is 3. The predicted octanol–water partition coefficient (Wildman–Crippen LogP) is 4.00. The van der Waals surface area contributed by atoms with Crippen molar-refractivity contribution in [3.05, 3.63) is 71.0 Å². The molecule has 0 bridgehead atoms. The molecular weight excluding hydrogens is 263 g/mol. The number of hydrogen-bond acceptors (Lipinski definition) is 1. The first-order valence-corrected chi connectivity index (χ1v) is 6.50. The molecule has 0 fully saturated rings. The van der Waals surface area contributed by atoms with Gasteiger partial charge in [0.2, 0.25) is 0 Å². The number of benzene rings is 2. The molecule has 0 amide bonds. The van der Waals surface area contributed by atoms with Gasteiger partial charge in [-0.15, -0.1) is 0 Å². The van der Waals surface area contributed by atoms with Crippen molar-refractivity contribution in [2.45, 2.75) is 19.4 Å². The molecule has 0 spiro atoms. The van der Waals surface area contributed by atoms with E-state index in [4.69, 9.17) is 0 Å². The highest BCUT2D eigenvalue weighted by Crippen LogP contribution is 2.18. The highest BCUT2D eigenvalue weighted by molar-refractivity contribution is 5.22. The maximum atomic E-state index is 13.6. The Kier molecular flexibility index (Phi) is 4.79. The molecule has 2 rings (SSSR count). The van der Waals surface area contributed by atoms with Gasteiger partial charge in [-0.25, -0.2) is 13.2 Å². The largest absolute Gasteiger partial charge is 0.310 e. The van der Waals surface area contributed by atoms with E-state index in [1.807, 2.05) is 0 Å². The van der Waals surface area contributed by atoms with Crippen molar-refractivity contribution in [3.8, 4) is 0 Å². The van der Waals surface area contributed by atoms with Gasteiger partial charge in [0, 0.05) is 11.6 Å². The lowest BCUT2D eigenvalue weighted by molar-refractivity contribution is 0.473. The molecule has 1 N–H and O–H groups in total. The fourth-order valence-electron chi connectivity index (χ4n) is 2.09. The van der Waals surface area contributed by atoms with Crippen LogP contribution < -0.4 is 5.32 Å². The van der Waals surface area contributed by atoms with Gasteiger partial charge in [-0.3, -0.25) is 0 Å². The van der Waals surface area contributed by atoms with Crippen molar-refractivity contribution in [1.29, 1.82) is 0 Å². The maximum Gasteiger partial charge on any atom is 0.163 e. The summed E-state index contributed by atoms with van der Waals surface area (Å²) in [5.41, 5.74) is 0.880. The summed E-state index contributed by atoms with van der Waals surface area (Å²) in [6.45, 7) is 2.23. The first kappa shape index (κ1) is 14.6. The highest BCUT2D eigenvalue weighted by Gasteiger charge is 2.13. The Balaban J connectivity index is 1.94. The number of nitrogens with one attached hydrogen (secondary N) is 1. The molecule has 2 aromatic carbocycles. The van der Waals surface area contributed by atoms with Crippen LogP contribution in [0.15, 0.2) is 42.5 Å². The lowest BCUT2D eigenvalue weighted by atomic mass is 10.1. The van der Waals surface area contributed by atoms with Crippen LogP contribution >= 0.6 is 0 Å². The third-order valence-electron chi connectivity index (χ3n) is 3.25. The molecule has 0 aromatic heterocycles. The topological polar surface area (TPSA) is 12.0 Å². The summed E-state index contributed by atoms with van der Waals surface area (Å²) in [5.74, 6) is -1.94. The molecule has 20 heavy (non-hydrogen) atoms. The van der Waals surface area contributed by atoms with Crippen molar-refractivity contribution in [2.24, 2.45) is 0 Å². The quantitative estimate of drug-likeness (QED) is 0.872. The van der Waals surface area contributed by atoms with Gasteiger partial charge in [0.25, 0.3) is 0 Å². The lowest BCUT2D eigenvalue weighted by Crippen LogP contribution is -2.22. The zero-order valence-electron chi connectivity index (χ0n) is 11.2. The Morgan fingerprint density at radius 2 is 1.65 bits per heavy atom. The Labute approximate surface area is 116 Å². The molecule has 0 aliphatic carbocycles. The van der Waals surface area contributed by atoms with Crippen molar-refractivity contribution >= 4 is 0 Å². The lowest BCUT2D eigenvalue weighted by Gasteiger charge is -2.15. The molecule has 0 saturated carbocycles. The molecule has 106 valence electrons. The third kappa shape index (κ3) is 3.39. The fraction of sp³-hybridized carbons (Fsp3) is 0.250. The minimum absolute atomic E-state index is 0.251. The molecule has 1 nitrogen and oxygen atoms in total. The van der Waals surface area contributed by atoms with Crippen LogP contribution in [0, 0.1) is 17.5 Å². The molecule has 0 aliphatic heterocycles. The van der Waals surface area contributed by atoms with Crippen LogP contribution in [-0.4, -0.2) is 6.54 Å². The van der Waals surface area contributed by atoms with E-state index in [1.165, 1.54) is 12.1 Å². The average Bonchev–Trinajstić information content (AvgIpc) is 2.44. The van der Waals surface area contributed by atoms with E-state index in [0.29, 0.717) is 18.5 Å². The summed E-state index contributed by atoms with van der Waals surface area (Å²) >= 11 is 0. The van der Waals surface area contributed by atoms with E-state index < -0.39 is 11.6 Å². The van der Waals surface area contributed by atoms with Gasteiger partial charge in [-0.1, -0.05) is 30.3 Å². The van der Waals surface area contributed by atoms with Gasteiger partial charge in [-0.2, -0.15) is 0 Å². The molecule has 0 heterocycles. The summed E-state index contributed by atoms with van der Waals surface area (Å²) in [6.07, 6.45) is 0.494. The summed E-state index contributed by atoms with van der Waals surface area (Å²) in [7, 11) is 0. The Bertz CT molecular complexity index is 584. The smallest absolute Gasteiger partial charge is 0.163 e.